The van der Waals surface area contributed by atoms with Gasteiger partial charge in [-0.05, 0) is 12.5 Å². The Morgan fingerprint density at radius 3 is 2.72 bits per heavy atom. The lowest BCUT2D eigenvalue weighted by molar-refractivity contribution is 0.0518. The molecule has 0 unspecified atom stereocenters. The maximum absolute atomic E-state index is 11.7. The Bertz CT molecular complexity index is 584. The Kier molecular flexibility index (Phi) is 3.62. The number of aromatic nitrogens is 2. The highest BCUT2D eigenvalue weighted by molar-refractivity contribution is 5.86. The summed E-state index contributed by atoms with van der Waals surface area (Å²) in [5.74, 6) is -0.513. The number of aromatic amines is 1. The van der Waals surface area contributed by atoms with Crippen LogP contribution < -0.4 is 5.56 Å². The second kappa shape index (κ2) is 5.35. The number of carbonyl (C=O) groups excluding carboxylic acids is 1. The predicted octanol–water partition coefficient (Wildman–Crippen LogP) is 1.40. The number of ether oxygens (including phenoxy) is 1. The van der Waals surface area contributed by atoms with E-state index in [1.54, 1.807) is 6.92 Å². The zero-order valence-electron chi connectivity index (χ0n) is 10.1. The Morgan fingerprint density at radius 2 is 2.06 bits per heavy atom. The minimum atomic E-state index is -0.513. The van der Waals surface area contributed by atoms with E-state index in [2.05, 4.69) is 5.10 Å². The molecule has 0 aliphatic heterocycles. The fraction of sp³-hybridized carbons (Fsp3) is 0.231. The molecule has 0 saturated carbocycles. The van der Waals surface area contributed by atoms with E-state index in [9.17, 15) is 9.59 Å². The molecule has 1 heterocycles. The van der Waals surface area contributed by atoms with Gasteiger partial charge in [0, 0.05) is 6.07 Å². The van der Waals surface area contributed by atoms with Crippen LogP contribution in [0.15, 0.2) is 41.2 Å². The van der Waals surface area contributed by atoms with E-state index in [1.807, 2.05) is 30.3 Å². The number of nitrogens with zero attached hydrogens (tertiary/aromatic N) is 1. The van der Waals surface area contributed by atoms with E-state index in [0.717, 1.165) is 5.56 Å². The monoisotopic (exact) mass is 246 g/mol. The molecule has 0 aliphatic carbocycles. The molecule has 1 aromatic heterocycles. The quantitative estimate of drug-likeness (QED) is 0.829. The number of H-pyrrole nitrogens is 1. The number of esters is 1. The van der Waals surface area contributed by atoms with Crippen LogP contribution in [0.4, 0.5) is 0 Å². The lowest BCUT2D eigenvalue weighted by atomic mass is 10.2. The van der Waals surface area contributed by atoms with Crippen molar-refractivity contribution in [2.24, 2.45) is 0 Å². The van der Waals surface area contributed by atoms with Crippen LogP contribution in [0.1, 0.15) is 23.0 Å². The van der Waals surface area contributed by atoms with Crippen molar-refractivity contribution in [1.82, 2.24) is 9.78 Å². The number of rotatable bonds is 4. The largest absolute Gasteiger partial charge is 0.461 e. The van der Waals surface area contributed by atoms with E-state index >= 15 is 0 Å². The van der Waals surface area contributed by atoms with Crippen LogP contribution in [0.25, 0.3) is 0 Å². The fourth-order valence-corrected chi connectivity index (χ4v) is 1.63. The summed E-state index contributed by atoms with van der Waals surface area (Å²) < 4.78 is 6.20. The van der Waals surface area contributed by atoms with Crippen molar-refractivity contribution in [1.29, 1.82) is 0 Å². The van der Waals surface area contributed by atoms with Gasteiger partial charge in [-0.1, -0.05) is 30.3 Å². The van der Waals surface area contributed by atoms with Crippen LogP contribution in [-0.2, 0) is 11.3 Å². The number of hydrogen-bond donors (Lipinski definition) is 1. The second-order valence-electron chi connectivity index (χ2n) is 3.80. The summed E-state index contributed by atoms with van der Waals surface area (Å²) in [5.41, 5.74) is 0.913. The SMILES string of the molecule is CCOC(=O)c1cc(=O)n(Cc2ccccc2)[nH]1. The first kappa shape index (κ1) is 12.2. The summed E-state index contributed by atoms with van der Waals surface area (Å²) in [4.78, 5) is 23.1. The van der Waals surface area contributed by atoms with Gasteiger partial charge >= 0.3 is 5.97 Å². The number of carbonyl (C=O) groups is 1. The van der Waals surface area contributed by atoms with Gasteiger partial charge < -0.3 is 4.74 Å². The lowest BCUT2D eigenvalue weighted by Crippen LogP contribution is -2.16. The third-order valence-corrected chi connectivity index (χ3v) is 2.47. The summed E-state index contributed by atoms with van der Waals surface area (Å²) in [6.45, 7) is 2.40. The normalized spacial score (nSPS) is 10.3. The van der Waals surface area contributed by atoms with Gasteiger partial charge in [0.2, 0.25) is 0 Å². The molecule has 18 heavy (non-hydrogen) atoms. The highest BCUT2D eigenvalue weighted by Gasteiger charge is 2.11. The van der Waals surface area contributed by atoms with Gasteiger partial charge in [-0.3, -0.25) is 9.89 Å². The average molecular weight is 246 g/mol. The molecule has 0 spiro atoms. The molecule has 0 fully saturated rings. The standard InChI is InChI=1S/C13H14N2O3/c1-2-18-13(17)11-8-12(16)15(14-11)9-10-6-4-3-5-7-10/h3-8,14H,2,9H2,1H3. The third-order valence-electron chi connectivity index (χ3n) is 2.47. The number of benzene rings is 1. The van der Waals surface area contributed by atoms with Crippen molar-refractivity contribution in [3.05, 3.63) is 58.0 Å². The minimum Gasteiger partial charge on any atom is -0.461 e. The summed E-state index contributed by atoms with van der Waals surface area (Å²) >= 11 is 0. The van der Waals surface area contributed by atoms with Crippen molar-refractivity contribution in [3.63, 3.8) is 0 Å². The van der Waals surface area contributed by atoms with Crippen molar-refractivity contribution >= 4 is 5.97 Å². The number of hydrogen-bond acceptors (Lipinski definition) is 3. The molecule has 5 nitrogen and oxygen atoms in total. The van der Waals surface area contributed by atoms with Gasteiger partial charge in [0.25, 0.3) is 5.56 Å². The van der Waals surface area contributed by atoms with E-state index in [4.69, 9.17) is 4.74 Å². The summed E-state index contributed by atoms with van der Waals surface area (Å²) in [7, 11) is 0. The predicted molar refractivity (Wildman–Crippen MR) is 66.6 cm³/mol. The lowest BCUT2D eigenvalue weighted by Gasteiger charge is -2.02. The third kappa shape index (κ3) is 2.68. The molecule has 0 saturated heterocycles. The molecular formula is C13H14N2O3. The smallest absolute Gasteiger partial charge is 0.356 e. The van der Waals surface area contributed by atoms with Gasteiger partial charge in [0.1, 0.15) is 5.69 Å². The first-order chi connectivity index (χ1) is 8.70. The number of nitrogens with one attached hydrogen (secondary N) is 1. The Balaban J connectivity index is 2.20. The summed E-state index contributed by atoms with van der Waals surface area (Å²) in [6.07, 6.45) is 0. The average Bonchev–Trinajstić information content (AvgIpc) is 2.73. The zero-order chi connectivity index (χ0) is 13.0. The fourth-order valence-electron chi connectivity index (χ4n) is 1.63. The first-order valence-corrected chi connectivity index (χ1v) is 5.71. The van der Waals surface area contributed by atoms with E-state index < -0.39 is 5.97 Å². The van der Waals surface area contributed by atoms with Gasteiger partial charge in [0.05, 0.1) is 13.2 Å². The molecule has 2 aromatic rings. The van der Waals surface area contributed by atoms with E-state index in [-0.39, 0.29) is 17.9 Å². The maximum Gasteiger partial charge on any atom is 0.356 e. The van der Waals surface area contributed by atoms with Gasteiger partial charge in [-0.25, -0.2) is 9.48 Å². The molecule has 5 heteroatoms. The van der Waals surface area contributed by atoms with Crippen molar-refractivity contribution in [2.75, 3.05) is 6.61 Å². The van der Waals surface area contributed by atoms with Crippen LogP contribution in [-0.4, -0.2) is 22.4 Å². The van der Waals surface area contributed by atoms with Gasteiger partial charge in [0.15, 0.2) is 0 Å². The molecule has 0 aliphatic rings. The molecule has 94 valence electrons. The topological polar surface area (TPSA) is 64.1 Å². The Hall–Kier alpha value is -2.30. The minimum absolute atomic E-state index is 0.179. The molecule has 0 atom stereocenters. The van der Waals surface area contributed by atoms with Gasteiger partial charge in [-0.2, -0.15) is 0 Å². The van der Waals surface area contributed by atoms with Crippen LogP contribution in [0.2, 0.25) is 0 Å². The Labute approximate surface area is 104 Å². The van der Waals surface area contributed by atoms with Crippen LogP contribution in [0, 0.1) is 0 Å². The van der Waals surface area contributed by atoms with Crippen molar-refractivity contribution < 1.29 is 9.53 Å². The molecule has 2 rings (SSSR count). The summed E-state index contributed by atoms with van der Waals surface area (Å²) in [6, 6.07) is 10.8. The van der Waals surface area contributed by atoms with Gasteiger partial charge in [-0.15, -0.1) is 0 Å². The molecule has 0 amide bonds. The molecule has 0 bridgehead atoms. The van der Waals surface area contributed by atoms with E-state index in [0.29, 0.717) is 6.54 Å². The van der Waals surface area contributed by atoms with Crippen LogP contribution >= 0.6 is 0 Å². The van der Waals surface area contributed by atoms with Crippen LogP contribution in [0.3, 0.4) is 0 Å². The molecule has 0 radical (unpaired) electrons. The maximum atomic E-state index is 11.7. The highest BCUT2D eigenvalue weighted by Crippen LogP contribution is 2.01. The highest BCUT2D eigenvalue weighted by atomic mass is 16.5. The summed E-state index contributed by atoms with van der Waals surface area (Å²) in [5, 5.41) is 2.74. The van der Waals surface area contributed by atoms with Crippen molar-refractivity contribution in [3.8, 4) is 0 Å². The zero-order valence-corrected chi connectivity index (χ0v) is 10.1. The second-order valence-corrected chi connectivity index (χ2v) is 3.80. The molecular weight excluding hydrogens is 232 g/mol. The molecule has 1 N–H and O–H groups in total. The first-order valence-electron chi connectivity index (χ1n) is 5.71. The van der Waals surface area contributed by atoms with Crippen molar-refractivity contribution in [2.45, 2.75) is 13.5 Å². The van der Waals surface area contributed by atoms with E-state index in [1.165, 1.54) is 10.7 Å². The molecule has 1 aromatic carbocycles. The van der Waals surface area contributed by atoms with Crippen LogP contribution in [0.5, 0.6) is 0 Å². The Morgan fingerprint density at radius 1 is 1.33 bits per heavy atom.